The number of carbonyl (C=O) groups excluding carboxylic acids is 1. The topological polar surface area (TPSA) is 49.4 Å². The number of hydrogen-bond donors (Lipinski definition) is 1. The molecule has 0 aliphatic carbocycles. The minimum Gasteiger partial charge on any atom is -0.324 e. The molecule has 8 heteroatoms. The molecular formula is C14H19F3N2O2S. The van der Waals surface area contributed by atoms with E-state index >= 15 is 0 Å². The zero-order valence-electron chi connectivity index (χ0n) is 12.6. The molecule has 2 amide bonds. The average Bonchev–Trinajstić information content (AvgIpc) is 2.42. The molecule has 0 radical (unpaired) electrons. The van der Waals surface area contributed by atoms with Gasteiger partial charge in [-0.1, -0.05) is 30.3 Å². The van der Waals surface area contributed by atoms with Gasteiger partial charge < -0.3 is 10.2 Å². The first-order valence-electron chi connectivity index (χ1n) is 6.58. The Morgan fingerprint density at radius 1 is 1.32 bits per heavy atom. The van der Waals surface area contributed by atoms with Crippen molar-refractivity contribution in [3.63, 3.8) is 0 Å². The third-order valence-electron chi connectivity index (χ3n) is 3.19. The van der Waals surface area contributed by atoms with Crippen LogP contribution in [0.15, 0.2) is 30.3 Å². The maximum Gasteiger partial charge on any atom is 0.412 e. The Balaban J connectivity index is 2.87. The molecule has 1 aromatic carbocycles. The summed E-state index contributed by atoms with van der Waals surface area (Å²) >= 11 is 0. The van der Waals surface area contributed by atoms with E-state index in [1.54, 1.807) is 13.0 Å². The molecule has 0 saturated heterocycles. The van der Waals surface area contributed by atoms with Gasteiger partial charge in [0.05, 0.1) is 0 Å². The molecule has 1 N–H and O–H groups in total. The van der Waals surface area contributed by atoms with Gasteiger partial charge in [-0.3, -0.25) is 4.21 Å². The van der Waals surface area contributed by atoms with Gasteiger partial charge in [0.2, 0.25) is 0 Å². The molecule has 1 rings (SSSR count). The van der Waals surface area contributed by atoms with E-state index < -0.39 is 35.1 Å². The Hall–Kier alpha value is -1.57. The molecule has 124 valence electrons. The minimum absolute atomic E-state index is 0.0385. The van der Waals surface area contributed by atoms with Crippen molar-refractivity contribution in [1.29, 1.82) is 0 Å². The summed E-state index contributed by atoms with van der Waals surface area (Å²) in [5.41, 5.74) is -0.0385. The Labute approximate surface area is 130 Å². The second-order valence-electron chi connectivity index (χ2n) is 5.03. The summed E-state index contributed by atoms with van der Waals surface area (Å²) in [5, 5.41) is 1.99. The van der Waals surface area contributed by atoms with Crippen LogP contribution in [0.3, 0.4) is 0 Å². The Morgan fingerprint density at radius 2 is 1.86 bits per heavy atom. The number of carbonyl (C=O) groups is 1. The highest BCUT2D eigenvalue weighted by Gasteiger charge is 2.42. The largest absolute Gasteiger partial charge is 0.412 e. The summed E-state index contributed by atoms with van der Waals surface area (Å²) in [6.45, 7) is 1.63. The zero-order valence-corrected chi connectivity index (χ0v) is 13.4. The van der Waals surface area contributed by atoms with Gasteiger partial charge >= 0.3 is 12.2 Å². The Kier molecular flexibility index (Phi) is 6.40. The van der Waals surface area contributed by atoms with Gasteiger partial charge in [0.15, 0.2) is 6.04 Å². The minimum atomic E-state index is -4.60. The number of alkyl halides is 3. The number of urea groups is 1. The molecule has 1 aromatic rings. The molecule has 0 unspecified atom stereocenters. The van der Waals surface area contributed by atoms with Gasteiger partial charge in [-0.2, -0.15) is 13.2 Å². The maximum absolute atomic E-state index is 13.2. The predicted octanol–water partition coefficient (Wildman–Crippen LogP) is 2.70. The summed E-state index contributed by atoms with van der Waals surface area (Å²) in [6, 6.07) is 3.80. The first-order valence-corrected chi connectivity index (χ1v) is 8.30. The third-order valence-corrected chi connectivity index (χ3v) is 4.14. The van der Waals surface area contributed by atoms with Gasteiger partial charge in [-0.15, -0.1) is 0 Å². The van der Waals surface area contributed by atoms with Gasteiger partial charge in [0.25, 0.3) is 0 Å². The normalized spacial score (nSPS) is 15.7. The maximum atomic E-state index is 13.2. The van der Waals surface area contributed by atoms with E-state index in [0.29, 0.717) is 0 Å². The number of nitrogens with one attached hydrogen (secondary N) is 1. The van der Waals surface area contributed by atoms with E-state index in [-0.39, 0.29) is 11.3 Å². The number of amides is 2. The van der Waals surface area contributed by atoms with Crippen LogP contribution >= 0.6 is 0 Å². The standard InChI is InChI=1S/C14H19F3N2O2S/c1-10(9-22(3)21)19(2)13(20)18-12(14(15,16)17)11-7-5-4-6-8-11/h4-8,10,12H,9H2,1-3H3,(H,18,20)/t10-,12-,22-/m1/s1. The van der Waals surface area contributed by atoms with Crippen LogP contribution in [0.5, 0.6) is 0 Å². The molecule has 3 atom stereocenters. The summed E-state index contributed by atoms with van der Waals surface area (Å²) in [5.74, 6) is 0.200. The highest BCUT2D eigenvalue weighted by atomic mass is 32.2. The lowest BCUT2D eigenvalue weighted by atomic mass is 10.1. The zero-order chi connectivity index (χ0) is 16.9. The number of halogens is 3. The number of nitrogens with zero attached hydrogens (tertiary/aromatic N) is 1. The van der Waals surface area contributed by atoms with Crippen LogP contribution in [0.4, 0.5) is 18.0 Å². The monoisotopic (exact) mass is 336 g/mol. The number of rotatable bonds is 5. The van der Waals surface area contributed by atoms with Crippen molar-refractivity contribution in [2.45, 2.75) is 25.2 Å². The molecule has 0 aromatic heterocycles. The van der Waals surface area contributed by atoms with Gasteiger partial charge in [-0.25, -0.2) is 4.79 Å². The van der Waals surface area contributed by atoms with Gasteiger partial charge in [-0.05, 0) is 12.5 Å². The number of benzene rings is 1. The van der Waals surface area contributed by atoms with Crippen LogP contribution in [-0.4, -0.2) is 46.4 Å². The van der Waals surface area contributed by atoms with Crippen molar-refractivity contribution in [3.8, 4) is 0 Å². The van der Waals surface area contributed by atoms with Crippen LogP contribution in [0.2, 0.25) is 0 Å². The molecule has 0 fully saturated rings. The predicted molar refractivity (Wildman–Crippen MR) is 79.9 cm³/mol. The molecule has 0 spiro atoms. The van der Waals surface area contributed by atoms with E-state index in [9.17, 15) is 22.2 Å². The van der Waals surface area contributed by atoms with Crippen molar-refractivity contribution < 1.29 is 22.2 Å². The van der Waals surface area contributed by atoms with E-state index in [2.05, 4.69) is 0 Å². The van der Waals surface area contributed by atoms with Gasteiger partial charge in [0, 0.05) is 35.9 Å². The molecule has 0 heterocycles. The molecular weight excluding hydrogens is 317 g/mol. The van der Waals surface area contributed by atoms with Crippen LogP contribution in [-0.2, 0) is 10.8 Å². The fourth-order valence-electron chi connectivity index (χ4n) is 1.88. The second kappa shape index (κ2) is 7.62. The molecule has 0 aliphatic heterocycles. The smallest absolute Gasteiger partial charge is 0.324 e. The SMILES string of the molecule is C[C@H](C[S@@](C)=O)N(C)C(=O)N[C@H](c1ccccc1)C(F)(F)F. The van der Waals surface area contributed by atoms with Crippen LogP contribution in [0.25, 0.3) is 0 Å². The second-order valence-corrected chi connectivity index (χ2v) is 6.51. The van der Waals surface area contributed by atoms with Crippen molar-refractivity contribution in [1.82, 2.24) is 10.2 Å². The highest BCUT2D eigenvalue weighted by Crippen LogP contribution is 2.32. The summed E-state index contributed by atoms with van der Waals surface area (Å²) in [4.78, 5) is 13.1. The fraction of sp³-hybridized carbons (Fsp3) is 0.500. The van der Waals surface area contributed by atoms with E-state index in [0.717, 1.165) is 4.90 Å². The van der Waals surface area contributed by atoms with E-state index in [1.807, 2.05) is 5.32 Å². The first kappa shape index (κ1) is 18.5. The van der Waals surface area contributed by atoms with E-state index in [1.165, 1.54) is 37.6 Å². The molecule has 0 saturated carbocycles. The van der Waals surface area contributed by atoms with Crippen LogP contribution < -0.4 is 5.32 Å². The van der Waals surface area contributed by atoms with Crippen molar-refractivity contribution in [2.75, 3.05) is 19.1 Å². The van der Waals surface area contributed by atoms with E-state index in [4.69, 9.17) is 0 Å². The van der Waals surface area contributed by atoms with Crippen molar-refractivity contribution in [2.24, 2.45) is 0 Å². The first-order chi connectivity index (χ1) is 10.1. The number of hydrogen-bond acceptors (Lipinski definition) is 2. The van der Waals surface area contributed by atoms with Crippen LogP contribution in [0.1, 0.15) is 18.5 Å². The molecule has 0 aliphatic rings. The summed E-state index contributed by atoms with van der Waals surface area (Å²) < 4.78 is 50.6. The van der Waals surface area contributed by atoms with Crippen molar-refractivity contribution in [3.05, 3.63) is 35.9 Å². The van der Waals surface area contributed by atoms with Crippen molar-refractivity contribution >= 4 is 16.8 Å². The summed E-state index contributed by atoms with van der Waals surface area (Å²) in [6.07, 6.45) is -3.13. The van der Waals surface area contributed by atoms with Crippen LogP contribution in [0, 0.1) is 0 Å². The lowest BCUT2D eigenvalue weighted by Crippen LogP contribution is -2.48. The van der Waals surface area contributed by atoms with Gasteiger partial charge in [0.1, 0.15) is 0 Å². The summed E-state index contributed by atoms with van der Waals surface area (Å²) in [7, 11) is 0.238. The quantitative estimate of drug-likeness (QED) is 0.899. The third kappa shape index (κ3) is 5.32. The lowest BCUT2D eigenvalue weighted by molar-refractivity contribution is -0.155. The molecule has 4 nitrogen and oxygen atoms in total. The average molecular weight is 336 g/mol. The molecule has 0 bridgehead atoms. The molecule has 22 heavy (non-hydrogen) atoms. The fourth-order valence-corrected chi connectivity index (χ4v) is 2.78. The highest BCUT2D eigenvalue weighted by molar-refractivity contribution is 7.84. The Bertz CT molecular complexity index is 523. The lowest BCUT2D eigenvalue weighted by Gasteiger charge is -2.28. The Morgan fingerprint density at radius 3 is 2.32 bits per heavy atom.